The summed E-state index contributed by atoms with van der Waals surface area (Å²) in [4.78, 5) is 16.4. The van der Waals surface area contributed by atoms with E-state index in [0.29, 0.717) is 24.0 Å². The smallest absolute Gasteiger partial charge is 0.409 e. The molecule has 0 radical (unpaired) electrons. The zero-order chi connectivity index (χ0) is 18.0. The second-order valence-electron chi connectivity index (χ2n) is 7.84. The Balaban J connectivity index is 1.45. The summed E-state index contributed by atoms with van der Waals surface area (Å²) < 4.78 is 5.14. The monoisotopic (exact) mass is 352 g/mol. The third-order valence-electron chi connectivity index (χ3n) is 6.21. The lowest BCUT2D eigenvalue weighted by Gasteiger charge is -2.51. The maximum absolute atomic E-state index is 11.9. The Morgan fingerprint density at radius 3 is 2.56 bits per heavy atom. The number of hydrazine groups is 1. The van der Waals surface area contributed by atoms with E-state index >= 15 is 0 Å². The van der Waals surface area contributed by atoms with E-state index in [2.05, 4.69) is 10.0 Å². The van der Waals surface area contributed by atoms with Gasteiger partial charge >= 0.3 is 6.09 Å². The summed E-state index contributed by atoms with van der Waals surface area (Å²) in [7, 11) is 1.79. The van der Waals surface area contributed by atoms with Crippen molar-refractivity contribution >= 4 is 11.9 Å². The normalized spacial score (nSPS) is 31.2. The van der Waals surface area contributed by atoms with Crippen LogP contribution in [0.15, 0.2) is 5.10 Å². The third kappa shape index (κ3) is 3.69. The van der Waals surface area contributed by atoms with Crippen molar-refractivity contribution in [3.63, 3.8) is 0 Å². The van der Waals surface area contributed by atoms with Gasteiger partial charge in [-0.15, -0.1) is 0 Å². The Hall–Kier alpha value is -1.54. The van der Waals surface area contributed by atoms with Gasteiger partial charge in [0.15, 0.2) is 0 Å². The van der Waals surface area contributed by atoms with Crippen molar-refractivity contribution in [2.24, 2.45) is 28.1 Å². The number of rotatable bonds is 3. The van der Waals surface area contributed by atoms with Gasteiger partial charge in [0.25, 0.3) is 0 Å². The second-order valence-corrected chi connectivity index (χ2v) is 7.84. The van der Waals surface area contributed by atoms with E-state index in [1.807, 2.05) is 11.8 Å². The van der Waals surface area contributed by atoms with Crippen LogP contribution in [-0.2, 0) is 4.74 Å². The Morgan fingerprint density at radius 1 is 1.32 bits per heavy atom. The van der Waals surface area contributed by atoms with Crippen LogP contribution >= 0.6 is 0 Å². The predicted octanol–water partition coefficient (Wildman–Crippen LogP) is 0.787. The largest absolute Gasteiger partial charge is 0.450 e. The first kappa shape index (κ1) is 18.3. The summed E-state index contributed by atoms with van der Waals surface area (Å²) >= 11 is 0. The van der Waals surface area contributed by atoms with Gasteiger partial charge in [0.05, 0.1) is 6.61 Å². The summed E-state index contributed by atoms with van der Waals surface area (Å²) in [5, 5.41) is 5.41. The van der Waals surface area contributed by atoms with Crippen LogP contribution in [0.25, 0.3) is 0 Å². The minimum atomic E-state index is -0.150. The zero-order valence-electron chi connectivity index (χ0n) is 15.5. The maximum Gasteiger partial charge on any atom is 0.409 e. The number of likely N-dealkylation sites (tertiary alicyclic amines) is 2. The van der Waals surface area contributed by atoms with Gasteiger partial charge in [-0.2, -0.15) is 5.10 Å². The minimum absolute atomic E-state index is 0.150. The number of hydrazone groups is 1. The summed E-state index contributed by atoms with van der Waals surface area (Å²) in [5.41, 5.74) is 0.329. The molecule has 0 aromatic rings. The first-order chi connectivity index (χ1) is 12.0. The van der Waals surface area contributed by atoms with E-state index in [1.54, 1.807) is 12.1 Å². The topological polar surface area (TPSA) is 100 Å². The van der Waals surface area contributed by atoms with Gasteiger partial charge in [-0.3, -0.25) is 5.01 Å². The van der Waals surface area contributed by atoms with Crippen LogP contribution < -0.4 is 11.7 Å². The molecule has 0 bridgehead atoms. The van der Waals surface area contributed by atoms with Crippen molar-refractivity contribution in [1.82, 2.24) is 14.8 Å². The lowest BCUT2D eigenvalue weighted by atomic mass is 9.64. The molecular formula is C17H32N6O2. The summed E-state index contributed by atoms with van der Waals surface area (Å²) in [6.45, 7) is 6.15. The fraction of sp³-hybridized carbons (Fsp3) is 0.882. The van der Waals surface area contributed by atoms with E-state index < -0.39 is 0 Å². The molecule has 25 heavy (non-hydrogen) atoms. The van der Waals surface area contributed by atoms with E-state index in [9.17, 15) is 4.79 Å². The van der Waals surface area contributed by atoms with Crippen LogP contribution in [0.1, 0.15) is 39.0 Å². The predicted molar refractivity (Wildman–Crippen MR) is 96.5 cm³/mol. The number of piperidine rings is 1. The molecule has 3 aliphatic rings. The van der Waals surface area contributed by atoms with Gasteiger partial charge in [0, 0.05) is 32.1 Å². The quantitative estimate of drug-likeness (QED) is 0.337. The molecule has 0 unspecified atom stereocenters. The molecule has 1 saturated carbocycles. The highest BCUT2D eigenvalue weighted by Crippen LogP contribution is 2.50. The third-order valence-corrected chi connectivity index (χ3v) is 6.21. The van der Waals surface area contributed by atoms with Crippen molar-refractivity contribution in [2.45, 2.75) is 45.1 Å². The van der Waals surface area contributed by atoms with Crippen LogP contribution in [0.5, 0.6) is 0 Å². The molecule has 3 fully saturated rings. The Labute approximate surface area is 150 Å². The van der Waals surface area contributed by atoms with Crippen molar-refractivity contribution in [1.29, 1.82) is 0 Å². The molecule has 1 spiro atoms. The Morgan fingerprint density at radius 2 is 2.00 bits per heavy atom. The fourth-order valence-electron chi connectivity index (χ4n) is 4.84. The lowest BCUT2D eigenvalue weighted by Crippen LogP contribution is -2.55. The number of amidine groups is 1. The van der Waals surface area contributed by atoms with Crippen molar-refractivity contribution in [3.8, 4) is 0 Å². The summed E-state index contributed by atoms with van der Waals surface area (Å²) in [6, 6.07) is 0.650. The molecule has 8 nitrogen and oxygen atoms in total. The average molecular weight is 352 g/mol. The number of amides is 1. The Bertz CT molecular complexity index is 509. The maximum atomic E-state index is 11.9. The van der Waals surface area contributed by atoms with E-state index in [-0.39, 0.29) is 6.09 Å². The standard InChI is InChI=1S/C17H32N6O2/c1-3-25-16(24)23-9-6-17(12-23)10-14(11-17)22-7-4-13(5-8-22)15(20-18)21(2)19/h13-14H,3-12,18-19H2,1-2H3/b20-15-. The van der Waals surface area contributed by atoms with Gasteiger partial charge in [-0.05, 0) is 57.5 Å². The van der Waals surface area contributed by atoms with Crippen LogP contribution in [0.4, 0.5) is 4.79 Å². The fourth-order valence-corrected chi connectivity index (χ4v) is 4.84. The molecule has 3 rings (SSSR count). The molecule has 2 heterocycles. The number of nitrogens with zero attached hydrogens (tertiary/aromatic N) is 4. The molecule has 2 saturated heterocycles. The number of hydrogen-bond donors (Lipinski definition) is 2. The summed E-state index contributed by atoms with van der Waals surface area (Å²) in [6.07, 6.45) is 5.46. The molecule has 4 N–H and O–H groups in total. The number of hydrogen-bond acceptors (Lipinski definition) is 6. The number of carbonyl (C=O) groups is 1. The zero-order valence-corrected chi connectivity index (χ0v) is 15.5. The Kier molecular flexibility index (Phi) is 5.38. The molecule has 2 aliphatic heterocycles. The average Bonchev–Trinajstić information content (AvgIpc) is 3.01. The van der Waals surface area contributed by atoms with Crippen LogP contribution in [-0.4, -0.2) is 72.6 Å². The second kappa shape index (κ2) is 7.37. The van der Waals surface area contributed by atoms with Gasteiger partial charge in [0.2, 0.25) is 0 Å². The van der Waals surface area contributed by atoms with Crippen LogP contribution in [0.3, 0.4) is 0 Å². The summed E-state index contributed by atoms with van der Waals surface area (Å²) in [5.74, 6) is 12.5. The molecular weight excluding hydrogens is 320 g/mol. The van der Waals surface area contributed by atoms with Crippen LogP contribution in [0, 0.1) is 11.3 Å². The molecule has 0 aromatic heterocycles. The van der Waals surface area contributed by atoms with Gasteiger partial charge in [0.1, 0.15) is 5.84 Å². The first-order valence-corrected chi connectivity index (χ1v) is 9.40. The van der Waals surface area contributed by atoms with E-state index in [4.69, 9.17) is 16.4 Å². The van der Waals surface area contributed by atoms with Crippen LogP contribution in [0.2, 0.25) is 0 Å². The molecule has 8 heteroatoms. The SMILES string of the molecule is CCOC(=O)N1CCC2(CC(N3CCC(/C(=N/N)N(C)N)CC3)C2)C1. The van der Waals surface area contributed by atoms with E-state index in [1.165, 1.54) is 12.8 Å². The number of carbonyl (C=O) groups excluding carboxylic acids is 1. The lowest BCUT2D eigenvalue weighted by molar-refractivity contribution is -0.00589. The van der Waals surface area contributed by atoms with Crippen molar-refractivity contribution in [2.75, 3.05) is 39.8 Å². The minimum Gasteiger partial charge on any atom is -0.450 e. The highest BCUT2D eigenvalue weighted by atomic mass is 16.6. The first-order valence-electron chi connectivity index (χ1n) is 9.40. The molecule has 1 aliphatic carbocycles. The highest BCUT2D eigenvalue weighted by Gasteiger charge is 2.51. The van der Waals surface area contributed by atoms with Gasteiger partial charge < -0.3 is 20.4 Å². The highest BCUT2D eigenvalue weighted by molar-refractivity contribution is 5.83. The van der Waals surface area contributed by atoms with Gasteiger partial charge in [-0.25, -0.2) is 10.6 Å². The van der Waals surface area contributed by atoms with Crippen molar-refractivity contribution < 1.29 is 9.53 Å². The van der Waals surface area contributed by atoms with Gasteiger partial charge in [-0.1, -0.05) is 0 Å². The molecule has 1 amide bonds. The van der Waals surface area contributed by atoms with Crippen molar-refractivity contribution in [3.05, 3.63) is 0 Å². The number of ether oxygens (including phenoxy) is 1. The molecule has 142 valence electrons. The molecule has 0 atom stereocenters. The molecule has 0 aromatic carbocycles. The number of nitrogens with two attached hydrogens (primary N) is 2. The van der Waals surface area contributed by atoms with E-state index in [0.717, 1.165) is 51.3 Å².